The van der Waals surface area contributed by atoms with E-state index in [1.807, 2.05) is 19.2 Å². The van der Waals surface area contributed by atoms with Gasteiger partial charge in [0.15, 0.2) is 0 Å². The van der Waals surface area contributed by atoms with Crippen LogP contribution in [0.2, 0.25) is 0 Å². The molecule has 0 saturated carbocycles. The minimum absolute atomic E-state index is 0.675. The van der Waals surface area contributed by atoms with Crippen molar-refractivity contribution >= 4 is 6.08 Å². The van der Waals surface area contributed by atoms with Gasteiger partial charge in [-0.3, -0.25) is 4.98 Å². The Balaban J connectivity index is 2.30. The molecule has 0 amide bonds. The molecule has 3 heteroatoms. The number of aromatic nitrogens is 1. The number of hydrogen-bond donors (Lipinski definition) is 1. The van der Waals surface area contributed by atoms with Crippen LogP contribution in [0.3, 0.4) is 0 Å². The molecule has 0 spiro atoms. The second-order valence-corrected chi connectivity index (χ2v) is 4.68. The standard InChI is InChI=1S/C15H24N2O/c1-4-18-15-9-14(11-17-12-15)7-5-6-8-16-10-13(2)3/h5,7,9,11-13,16H,4,6,8,10H2,1-3H3/b7-5+. The predicted molar refractivity (Wildman–Crippen MR) is 76.8 cm³/mol. The first kappa shape index (κ1) is 14.7. The summed E-state index contributed by atoms with van der Waals surface area (Å²) in [5, 5.41) is 3.41. The summed E-state index contributed by atoms with van der Waals surface area (Å²) in [6.45, 7) is 9.18. The van der Waals surface area contributed by atoms with Crippen LogP contribution in [-0.2, 0) is 0 Å². The van der Waals surface area contributed by atoms with Crippen molar-refractivity contribution in [1.29, 1.82) is 0 Å². The lowest BCUT2D eigenvalue weighted by atomic mass is 10.2. The Labute approximate surface area is 110 Å². The zero-order valence-electron chi connectivity index (χ0n) is 11.6. The Hall–Kier alpha value is -1.35. The van der Waals surface area contributed by atoms with Crippen LogP contribution in [-0.4, -0.2) is 24.7 Å². The molecule has 0 aliphatic carbocycles. The molecular weight excluding hydrogens is 224 g/mol. The van der Waals surface area contributed by atoms with E-state index in [2.05, 4.69) is 36.3 Å². The molecule has 0 fully saturated rings. The molecule has 1 aromatic rings. The Morgan fingerprint density at radius 2 is 2.22 bits per heavy atom. The van der Waals surface area contributed by atoms with Crippen molar-refractivity contribution in [3.05, 3.63) is 30.1 Å². The van der Waals surface area contributed by atoms with Crippen molar-refractivity contribution < 1.29 is 4.74 Å². The van der Waals surface area contributed by atoms with Gasteiger partial charge < -0.3 is 10.1 Å². The molecule has 0 atom stereocenters. The lowest BCUT2D eigenvalue weighted by molar-refractivity contribution is 0.339. The van der Waals surface area contributed by atoms with E-state index in [1.54, 1.807) is 6.20 Å². The lowest BCUT2D eigenvalue weighted by Gasteiger charge is -2.05. The first-order chi connectivity index (χ1) is 8.72. The second kappa shape index (κ2) is 8.70. The van der Waals surface area contributed by atoms with E-state index in [0.717, 1.165) is 30.8 Å². The van der Waals surface area contributed by atoms with Crippen molar-refractivity contribution in [2.75, 3.05) is 19.7 Å². The number of hydrogen-bond acceptors (Lipinski definition) is 3. The largest absolute Gasteiger partial charge is 0.492 e. The fourth-order valence-electron chi connectivity index (χ4n) is 1.57. The molecule has 1 aromatic heterocycles. The minimum Gasteiger partial charge on any atom is -0.492 e. The zero-order chi connectivity index (χ0) is 13.2. The highest BCUT2D eigenvalue weighted by molar-refractivity contribution is 5.49. The smallest absolute Gasteiger partial charge is 0.138 e. The minimum atomic E-state index is 0.675. The average Bonchev–Trinajstić information content (AvgIpc) is 2.34. The van der Waals surface area contributed by atoms with E-state index in [4.69, 9.17) is 4.74 Å². The maximum Gasteiger partial charge on any atom is 0.138 e. The normalized spacial score (nSPS) is 11.3. The third-order valence-corrected chi connectivity index (χ3v) is 2.40. The number of rotatable bonds is 8. The topological polar surface area (TPSA) is 34.1 Å². The van der Waals surface area contributed by atoms with Crippen LogP contribution in [0.4, 0.5) is 0 Å². The van der Waals surface area contributed by atoms with Gasteiger partial charge in [-0.25, -0.2) is 0 Å². The predicted octanol–water partition coefficient (Wildman–Crippen LogP) is 3.13. The Morgan fingerprint density at radius 1 is 1.39 bits per heavy atom. The van der Waals surface area contributed by atoms with Gasteiger partial charge in [0.2, 0.25) is 0 Å². The molecule has 0 aromatic carbocycles. The van der Waals surface area contributed by atoms with E-state index in [-0.39, 0.29) is 0 Å². The number of nitrogens with zero attached hydrogens (tertiary/aromatic N) is 1. The molecular formula is C15H24N2O. The third-order valence-electron chi connectivity index (χ3n) is 2.40. The summed E-state index contributed by atoms with van der Waals surface area (Å²) in [6.07, 6.45) is 8.88. The van der Waals surface area contributed by atoms with Gasteiger partial charge >= 0.3 is 0 Å². The zero-order valence-corrected chi connectivity index (χ0v) is 11.6. The number of nitrogens with one attached hydrogen (secondary N) is 1. The van der Waals surface area contributed by atoms with Gasteiger partial charge in [-0.2, -0.15) is 0 Å². The number of pyridine rings is 1. The summed E-state index contributed by atoms with van der Waals surface area (Å²) in [6, 6.07) is 2.01. The lowest BCUT2D eigenvalue weighted by Crippen LogP contribution is -2.20. The summed E-state index contributed by atoms with van der Waals surface area (Å²) in [5.74, 6) is 1.54. The van der Waals surface area contributed by atoms with Gasteiger partial charge in [0, 0.05) is 6.20 Å². The number of ether oxygens (including phenoxy) is 1. The SMILES string of the molecule is CCOc1cncc(/C=C/CCNCC(C)C)c1. The molecule has 0 radical (unpaired) electrons. The molecule has 0 bridgehead atoms. The summed E-state index contributed by atoms with van der Waals surface area (Å²) < 4.78 is 5.41. The monoisotopic (exact) mass is 248 g/mol. The van der Waals surface area contributed by atoms with Crippen molar-refractivity contribution in [3.63, 3.8) is 0 Å². The average molecular weight is 248 g/mol. The van der Waals surface area contributed by atoms with Gasteiger partial charge in [0.05, 0.1) is 12.8 Å². The summed E-state index contributed by atoms with van der Waals surface area (Å²) in [4.78, 5) is 4.15. The van der Waals surface area contributed by atoms with Crippen LogP contribution >= 0.6 is 0 Å². The Bertz CT molecular complexity index is 361. The van der Waals surface area contributed by atoms with Crippen molar-refractivity contribution in [3.8, 4) is 5.75 Å². The maximum atomic E-state index is 5.41. The molecule has 18 heavy (non-hydrogen) atoms. The summed E-state index contributed by atoms with van der Waals surface area (Å²) >= 11 is 0. The van der Waals surface area contributed by atoms with Crippen LogP contribution < -0.4 is 10.1 Å². The van der Waals surface area contributed by atoms with Crippen LogP contribution in [0, 0.1) is 5.92 Å². The second-order valence-electron chi connectivity index (χ2n) is 4.68. The molecule has 100 valence electrons. The molecule has 3 nitrogen and oxygen atoms in total. The van der Waals surface area contributed by atoms with E-state index < -0.39 is 0 Å². The van der Waals surface area contributed by atoms with E-state index in [1.165, 1.54) is 0 Å². The van der Waals surface area contributed by atoms with E-state index >= 15 is 0 Å². The van der Waals surface area contributed by atoms with Gasteiger partial charge in [-0.15, -0.1) is 0 Å². The fraction of sp³-hybridized carbons (Fsp3) is 0.533. The Kier molecular flexibility index (Phi) is 7.11. The van der Waals surface area contributed by atoms with Gasteiger partial charge in [0.25, 0.3) is 0 Å². The summed E-state index contributed by atoms with van der Waals surface area (Å²) in [5.41, 5.74) is 1.09. The highest BCUT2D eigenvalue weighted by Gasteiger charge is 1.94. The molecule has 0 saturated heterocycles. The van der Waals surface area contributed by atoms with Crippen LogP contribution in [0.1, 0.15) is 32.8 Å². The molecule has 1 heterocycles. The first-order valence-electron chi connectivity index (χ1n) is 6.67. The highest BCUT2D eigenvalue weighted by atomic mass is 16.5. The Morgan fingerprint density at radius 3 is 2.94 bits per heavy atom. The molecule has 0 aliphatic heterocycles. The highest BCUT2D eigenvalue weighted by Crippen LogP contribution is 2.12. The van der Waals surface area contributed by atoms with Crippen LogP contribution in [0.5, 0.6) is 5.75 Å². The van der Waals surface area contributed by atoms with Crippen molar-refractivity contribution in [2.24, 2.45) is 5.92 Å². The first-order valence-corrected chi connectivity index (χ1v) is 6.67. The van der Waals surface area contributed by atoms with Crippen molar-refractivity contribution in [1.82, 2.24) is 10.3 Å². The van der Waals surface area contributed by atoms with Crippen LogP contribution in [0.15, 0.2) is 24.5 Å². The fourth-order valence-corrected chi connectivity index (χ4v) is 1.57. The van der Waals surface area contributed by atoms with Gasteiger partial charge in [0.1, 0.15) is 5.75 Å². The molecule has 0 aliphatic rings. The molecule has 1 rings (SSSR count). The molecule has 1 N–H and O–H groups in total. The summed E-state index contributed by atoms with van der Waals surface area (Å²) in [7, 11) is 0. The molecule has 0 unspecified atom stereocenters. The van der Waals surface area contributed by atoms with Gasteiger partial charge in [-0.05, 0) is 44.0 Å². The van der Waals surface area contributed by atoms with Crippen molar-refractivity contribution in [2.45, 2.75) is 27.2 Å². The quantitative estimate of drug-likeness (QED) is 0.718. The van der Waals surface area contributed by atoms with E-state index in [0.29, 0.717) is 12.5 Å². The van der Waals surface area contributed by atoms with Crippen LogP contribution in [0.25, 0.3) is 6.08 Å². The van der Waals surface area contributed by atoms with E-state index in [9.17, 15) is 0 Å². The van der Waals surface area contributed by atoms with Gasteiger partial charge in [-0.1, -0.05) is 26.0 Å². The maximum absolute atomic E-state index is 5.41. The third kappa shape index (κ3) is 6.40.